The van der Waals surface area contributed by atoms with Crippen LogP contribution in [0.25, 0.3) is 0 Å². The average molecular weight is 510 g/mol. The van der Waals surface area contributed by atoms with Gasteiger partial charge in [0.2, 0.25) is 5.91 Å². The van der Waals surface area contributed by atoms with E-state index in [1.165, 1.54) is 24.3 Å². The fraction of sp³-hybridized carbons (Fsp3) is 0.286. The SMILES string of the molecule is C[C@@H](NC(=O)N1CCC2(CC1)C(=O)N(c1cccc(F)c1)C2c1ccc(Cl)cc1)c1ccc(F)cc1. The summed E-state index contributed by atoms with van der Waals surface area (Å²) >= 11 is 6.11. The molecule has 2 atom stereocenters. The van der Waals surface area contributed by atoms with Crippen LogP contribution in [0.4, 0.5) is 19.3 Å². The average Bonchev–Trinajstić information content (AvgIpc) is 2.88. The lowest BCUT2D eigenvalue weighted by Crippen LogP contribution is -2.67. The first-order valence-electron chi connectivity index (χ1n) is 11.9. The smallest absolute Gasteiger partial charge is 0.317 e. The second-order valence-electron chi connectivity index (χ2n) is 9.48. The molecule has 3 aromatic carbocycles. The van der Waals surface area contributed by atoms with Crippen molar-refractivity contribution >= 4 is 29.2 Å². The van der Waals surface area contributed by atoms with Gasteiger partial charge in [0.15, 0.2) is 0 Å². The van der Waals surface area contributed by atoms with Crippen molar-refractivity contribution in [3.05, 3.63) is 101 Å². The quantitative estimate of drug-likeness (QED) is 0.422. The second-order valence-corrected chi connectivity index (χ2v) is 9.91. The molecule has 1 N–H and O–H groups in total. The molecule has 0 aliphatic carbocycles. The maximum absolute atomic E-state index is 14.0. The first kappa shape index (κ1) is 24.3. The summed E-state index contributed by atoms with van der Waals surface area (Å²) in [6.07, 6.45) is 0.979. The predicted molar refractivity (Wildman–Crippen MR) is 135 cm³/mol. The van der Waals surface area contributed by atoms with Crippen molar-refractivity contribution in [1.29, 1.82) is 0 Å². The lowest BCUT2D eigenvalue weighted by molar-refractivity contribution is -0.144. The normalized spacial score (nSPS) is 19.7. The Bertz CT molecular complexity index is 1270. The first-order chi connectivity index (χ1) is 17.3. The molecule has 2 saturated heterocycles. The number of nitrogens with one attached hydrogen (secondary N) is 1. The first-order valence-corrected chi connectivity index (χ1v) is 12.3. The molecule has 1 spiro atoms. The Balaban J connectivity index is 1.33. The van der Waals surface area contributed by atoms with Crippen LogP contribution < -0.4 is 10.2 Å². The van der Waals surface area contributed by atoms with E-state index in [-0.39, 0.29) is 29.8 Å². The van der Waals surface area contributed by atoms with E-state index in [1.807, 2.05) is 19.1 Å². The number of hydrogen-bond acceptors (Lipinski definition) is 2. The fourth-order valence-corrected chi connectivity index (χ4v) is 5.49. The maximum Gasteiger partial charge on any atom is 0.317 e. The molecule has 8 heteroatoms. The van der Waals surface area contributed by atoms with E-state index in [9.17, 15) is 18.4 Å². The highest BCUT2D eigenvalue weighted by Gasteiger charge is 2.62. The summed E-state index contributed by atoms with van der Waals surface area (Å²) in [6, 6.07) is 18.7. The Morgan fingerprint density at radius 2 is 1.67 bits per heavy atom. The summed E-state index contributed by atoms with van der Waals surface area (Å²) in [5.74, 6) is -0.794. The number of amides is 3. The van der Waals surface area contributed by atoms with Crippen molar-refractivity contribution in [2.24, 2.45) is 5.41 Å². The molecular weight excluding hydrogens is 484 g/mol. The number of urea groups is 1. The number of rotatable bonds is 4. The molecule has 1 unspecified atom stereocenters. The Kier molecular flexibility index (Phi) is 6.43. The van der Waals surface area contributed by atoms with Gasteiger partial charge >= 0.3 is 6.03 Å². The van der Waals surface area contributed by atoms with Gasteiger partial charge in [0.25, 0.3) is 0 Å². The minimum Gasteiger partial charge on any atom is -0.331 e. The van der Waals surface area contributed by atoms with Crippen LogP contribution >= 0.6 is 11.6 Å². The van der Waals surface area contributed by atoms with Crippen LogP contribution in [0.1, 0.15) is 43.0 Å². The highest BCUT2D eigenvalue weighted by Crippen LogP contribution is 2.57. The molecule has 0 bridgehead atoms. The van der Waals surface area contributed by atoms with Crippen molar-refractivity contribution < 1.29 is 18.4 Å². The van der Waals surface area contributed by atoms with Crippen LogP contribution in [0.15, 0.2) is 72.8 Å². The number of benzene rings is 3. The standard InChI is InChI=1S/C28H26ClF2N3O2/c1-18(19-7-11-22(30)12-8-19)32-27(36)33-15-13-28(14-16-33)25(20-5-9-21(29)10-6-20)34(26(28)35)24-4-2-3-23(31)17-24/h2-12,17-18,25H,13-16H2,1H3,(H,32,36)/t18-,25?/m1/s1. The zero-order chi connectivity index (χ0) is 25.4. The van der Waals surface area contributed by atoms with Gasteiger partial charge in [-0.2, -0.15) is 0 Å². The predicted octanol–water partition coefficient (Wildman–Crippen LogP) is 6.26. The third kappa shape index (κ3) is 4.32. The van der Waals surface area contributed by atoms with Crippen LogP contribution in [0.3, 0.4) is 0 Å². The van der Waals surface area contributed by atoms with Gasteiger partial charge in [-0.25, -0.2) is 13.6 Å². The number of nitrogens with zero attached hydrogens (tertiary/aromatic N) is 2. The van der Waals surface area contributed by atoms with E-state index < -0.39 is 11.2 Å². The van der Waals surface area contributed by atoms with Gasteiger partial charge in [-0.3, -0.25) is 4.79 Å². The van der Waals surface area contributed by atoms with E-state index in [2.05, 4.69) is 5.32 Å². The molecule has 186 valence electrons. The number of likely N-dealkylation sites (tertiary alicyclic amines) is 1. The minimum absolute atomic E-state index is 0.0622. The molecule has 0 radical (unpaired) electrons. The maximum atomic E-state index is 14.0. The van der Waals surface area contributed by atoms with E-state index >= 15 is 0 Å². The Morgan fingerprint density at radius 3 is 2.31 bits per heavy atom. The third-order valence-corrected chi connectivity index (χ3v) is 7.60. The van der Waals surface area contributed by atoms with Crippen molar-refractivity contribution in [1.82, 2.24) is 10.2 Å². The van der Waals surface area contributed by atoms with Crippen molar-refractivity contribution in [3.63, 3.8) is 0 Å². The zero-order valence-corrected chi connectivity index (χ0v) is 20.5. The van der Waals surface area contributed by atoms with Crippen molar-refractivity contribution in [3.8, 4) is 0 Å². The third-order valence-electron chi connectivity index (χ3n) is 7.35. The largest absolute Gasteiger partial charge is 0.331 e. The molecule has 3 aromatic rings. The molecule has 2 heterocycles. The van der Waals surface area contributed by atoms with E-state index in [0.29, 0.717) is 36.6 Å². The highest BCUT2D eigenvalue weighted by atomic mass is 35.5. The molecular formula is C28H26ClF2N3O2. The summed E-state index contributed by atoms with van der Waals surface area (Å²) in [5, 5.41) is 3.56. The van der Waals surface area contributed by atoms with Gasteiger partial charge in [-0.1, -0.05) is 41.9 Å². The molecule has 0 saturated carbocycles. The van der Waals surface area contributed by atoms with Crippen LogP contribution in [0.5, 0.6) is 0 Å². The van der Waals surface area contributed by atoms with Crippen LogP contribution in [0, 0.1) is 17.0 Å². The molecule has 5 rings (SSSR count). The van der Waals surface area contributed by atoms with Crippen molar-refractivity contribution in [2.45, 2.75) is 31.8 Å². The molecule has 2 aliphatic heterocycles. The Labute approximate surface area is 213 Å². The molecule has 2 aliphatic rings. The minimum atomic E-state index is -0.681. The Morgan fingerprint density at radius 1 is 1.00 bits per heavy atom. The summed E-state index contributed by atoms with van der Waals surface area (Å²) < 4.78 is 27.2. The molecule has 36 heavy (non-hydrogen) atoms. The number of piperidine rings is 1. The molecule has 5 nitrogen and oxygen atoms in total. The van der Waals surface area contributed by atoms with Crippen LogP contribution in [-0.2, 0) is 4.79 Å². The van der Waals surface area contributed by atoms with Gasteiger partial charge in [-0.15, -0.1) is 0 Å². The summed E-state index contributed by atoms with van der Waals surface area (Å²) in [4.78, 5) is 29.9. The van der Waals surface area contributed by atoms with E-state index in [1.54, 1.807) is 46.2 Å². The van der Waals surface area contributed by atoms with Gasteiger partial charge in [-0.05, 0) is 73.4 Å². The highest BCUT2D eigenvalue weighted by molar-refractivity contribution is 6.30. The number of carbonyl (C=O) groups excluding carboxylic acids is 2. The van der Waals surface area contributed by atoms with Gasteiger partial charge in [0, 0.05) is 23.8 Å². The van der Waals surface area contributed by atoms with E-state index in [0.717, 1.165) is 11.1 Å². The number of carbonyl (C=O) groups is 2. The molecule has 3 amide bonds. The fourth-order valence-electron chi connectivity index (χ4n) is 5.37. The summed E-state index contributed by atoms with van der Waals surface area (Å²) in [6.45, 7) is 2.67. The monoisotopic (exact) mass is 509 g/mol. The van der Waals surface area contributed by atoms with Crippen molar-refractivity contribution in [2.75, 3.05) is 18.0 Å². The van der Waals surface area contributed by atoms with Gasteiger partial charge in [0.05, 0.1) is 17.5 Å². The zero-order valence-electron chi connectivity index (χ0n) is 19.8. The number of β-lactam (4-membered cyclic amide) rings is 1. The number of anilines is 1. The van der Waals surface area contributed by atoms with Gasteiger partial charge < -0.3 is 15.1 Å². The van der Waals surface area contributed by atoms with E-state index in [4.69, 9.17) is 11.6 Å². The van der Waals surface area contributed by atoms with Crippen LogP contribution in [-0.4, -0.2) is 29.9 Å². The number of halogens is 3. The lowest BCUT2D eigenvalue weighted by atomic mass is 9.62. The summed E-state index contributed by atoms with van der Waals surface area (Å²) in [5.41, 5.74) is 1.56. The van der Waals surface area contributed by atoms with Crippen LogP contribution in [0.2, 0.25) is 5.02 Å². The Hall–Kier alpha value is -3.45. The lowest BCUT2D eigenvalue weighted by Gasteiger charge is -2.59. The number of hydrogen-bond donors (Lipinski definition) is 1. The van der Waals surface area contributed by atoms with Gasteiger partial charge in [0.1, 0.15) is 11.6 Å². The second kappa shape index (κ2) is 9.54. The molecule has 0 aromatic heterocycles. The topological polar surface area (TPSA) is 52.7 Å². The molecule has 2 fully saturated rings. The summed E-state index contributed by atoms with van der Waals surface area (Å²) in [7, 11) is 0.